The highest BCUT2D eigenvalue weighted by molar-refractivity contribution is 6.42. The standard InChI is InChI=1S/C12H14Cl2N2O3/c1-16(7-12(18)19-2)6-11(17)15-8-3-4-9(13)10(14)5-8/h3-5H,6-7H2,1-2H3,(H,15,17). The van der Waals surface area contributed by atoms with Crippen molar-refractivity contribution in [2.45, 2.75) is 0 Å². The van der Waals surface area contributed by atoms with Crippen molar-refractivity contribution >= 4 is 40.8 Å². The van der Waals surface area contributed by atoms with Gasteiger partial charge in [-0.15, -0.1) is 0 Å². The SMILES string of the molecule is COC(=O)CN(C)CC(=O)Nc1ccc(Cl)c(Cl)c1. The summed E-state index contributed by atoms with van der Waals surface area (Å²) in [4.78, 5) is 24.3. The molecule has 0 aliphatic rings. The molecular formula is C12H14Cl2N2O3. The Labute approximate surface area is 121 Å². The number of rotatable bonds is 5. The molecule has 0 fully saturated rings. The molecule has 0 aliphatic heterocycles. The summed E-state index contributed by atoms with van der Waals surface area (Å²) < 4.78 is 4.51. The molecule has 1 rings (SSSR count). The topological polar surface area (TPSA) is 58.6 Å². The number of amides is 1. The summed E-state index contributed by atoms with van der Waals surface area (Å²) in [5, 5.41) is 3.44. The molecule has 0 saturated carbocycles. The van der Waals surface area contributed by atoms with E-state index in [1.807, 2.05) is 0 Å². The number of halogens is 2. The van der Waals surface area contributed by atoms with E-state index in [1.165, 1.54) is 7.11 Å². The highest BCUT2D eigenvalue weighted by Gasteiger charge is 2.11. The predicted molar refractivity (Wildman–Crippen MR) is 74.6 cm³/mol. The minimum absolute atomic E-state index is 0.0469. The maximum Gasteiger partial charge on any atom is 0.319 e. The number of nitrogens with one attached hydrogen (secondary N) is 1. The Hall–Kier alpha value is -1.30. The van der Waals surface area contributed by atoms with E-state index in [0.717, 1.165) is 0 Å². The Bertz CT molecular complexity index is 480. The van der Waals surface area contributed by atoms with Crippen molar-refractivity contribution < 1.29 is 14.3 Å². The van der Waals surface area contributed by atoms with Crippen LogP contribution in [0.15, 0.2) is 18.2 Å². The van der Waals surface area contributed by atoms with Gasteiger partial charge in [-0.1, -0.05) is 23.2 Å². The number of methoxy groups -OCH3 is 1. The van der Waals surface area contributed by atoms with Crippen molar-refractivity contribution in [2.75, 3.05) is 32.6 Å². The van der Waals surface area contributed by atoms with Crippen LogP contribution in [-0.2, 0) is 14.3 Å². The molecule has 0 saturated heterocycles. The van der Waals surface area contributed by atoms with Gasteiger partial charge in [-0.25, -0.2) is 0 Å². The van der Waals surface area contributed by atoms with Gasteiger partial charge in [0.05, 0.1) is 30.2 Å². The number of benzene rings is 1. The number of nitrogens with zero attached hydrogens (tertiary/aromatic N) is 1. The fourth-order valence-corrected chi connectivity index (χ4v) is 1.66. The van der Waals surface area contributed by atoms with Crippen LogP contribution in [0.1, 0.15) is 0 Å². The maximum atomic E-state index is 11.7. The van der Waals surface area contributed by atoms with Gasteiger partial charge >= 0.3 is 5.97 Å². The molecule has 104 valence electrons. The number of likely N-dealkylation sites (N-methyl/N-ethyl adjacent to an activating group) is 1. The van der Waals surface area contributed by atoms with Gasteiger partial charge in [0.2, 0.25) is 5.91 Å². The van der Waals surface area contributed by atoms with E-state index in [1.54, 1.807) is 30.1 Å². The van der Waals surface area contributed by atoms with Crippen molar-refractivity contribution in [1.29, 1.82) is 0 Å². The summed E-state index contributed by atoms with van der Waals surface area (Å²) in [6, 6.07) is 4.80. The smallest absolute Gasteiger partial charge is 0.319 e. The van der Waals surface area contributed by atoms with Gasteiger partial charge in [0, 0.05) is 5.69 Å². The summed E-state index contributed by atoms with van der Waals surface area (Å²) in [7, 11) is 2.94. The van der Waals surface area contributed by atoms with Crippen LogP contribution >= 0.6 is 23.2 Å². The minimum Gasteiger partial charge on any atom is -0.468 e. The molecule has 0 aliphatic carbocycles. The van der Waals surface area contributed by atoms with E-state index in [9.17, 15) is 9.59 Å². The molecule has 1 aromatic rings. The van der Waals surface area contributed by atoms with Crippen molar-refractivity contribution in [2.24, 2.45) is 0 Å². The van der Waals surface area contributed by atoms with E-state index < -0.39 is 5.97 Å². The Kier molecular flexibility index (Phi) is 6.08. The van der Waals surface area contributed by atoms with Gasteiger partial charge in [0.1, 0.15) is 0 Å². The number of esters is 1. The molecule has 1 amide bonds. The number of anilines is 1. The average molecular weight is 305 g/mol. The third kappa shape index (κ3) is 5.46. The molecule has 0 bridgehead atoms. The molecule has 7 heteroatoms. The summed E-state index contributed by atoms with van der Waals surface area (Å²) in [5.74, 6) is -0.658. The first kappa shape index (κ1) is 15.8. The van der Waals surface area contributed by atoms with Crippen LogP contribution in [-0.4, -0.2) is 44.0 Å². The highest BCUT2D eigenvalue weighted by atomic mass is 35.5. The lowest BCUT2D eigenvalue weighted by atomic mass is 10.3. The van der Waals surface area contributed by atoms with Crippen molar-refractivity contribution in [3.05, 3.63) is 28.2 Å². The van der Waals surface area contributed by atoms with Crippen LogP contribution in [0, 0.1) is 0 Å². The predicted octanol–water partition coefficient (Wildman–Crippen LogP) is 2.04. The van der Waals surface area contributed by atoms with Crippen molar-refractivity contribution in [1.82, 2.24) is 4.90 Å². The zero-order valence-electron chi connectivity index (χ0n) is 10.6. The van der Waals surface area contributed by atoms with Crippen LogP contribution in [0.5, 0.6) is 0 Å². The molecule has 5 nitrogen and oxygen atoms in total. The minimum atomic E-state index is -0.398. The lowest BCUT2D eigenvalue weighted by Crippen LogP contribution is -2.34. The number of carbonyl (C=O) groups is 2. The second-order valence-corrected chi connectivity index (χ2v) is 4.74. The van der Waals surface area contributed by atoms with Gasteiger partial charge < -0.3 is 10.1 Å². The van der Waals surface area contributed by atoms with Crippen LogP contribution < -0.4 is 5.32 Å². The summed E-state index contributed by atoms with van der Waals surface area (Å²) >= 11 is 11.6. The van der Waals surface area contributed by atoms with Gasteiger partial charge in [-0.3, -0.25) is 14.5 Å². The maximum absolute atomic E-state index is 11.7. The first-order chi connectivity index (χ1) is 8.92. The van der Waals surface area contributed by atoms with Gasteiger partial charge in [0.25, 0.3) is 0 Å². The molecule has 1 N–H and O–H groups in total. The van der Waals surface area contributed by atoms with E-state index in [4.69, 9.17) is 23.2 Å². The van der Waals surface area contributed by atoms with Crippen LogP contribution in [0.3, 0.4) is 0 Å². The molecule has 0 atom stereocenters. The number of ether oxygens (including phenoxy) is 1. The summed E-state index contributed by atoms with van der Waals surface area (Å²) in [6.45, 7) is 0.112. The lowest BCUT2D eigenvalue weighted by molar-refractivity contribution is -0.141. The quantitative estimate of drug-likeness (QED) is 0.846. The zero-order valence-corrected chi connectivity index (χ0v) is 12.1. The molecule has 0 unspecified atom stereocenters. The highest BCUT2D eigenvalue weighted by Crippen LogP contribution is 2.24. The molecule has 0 spiro atoms. The number of hydrogen-bond donors (Lipinski definition) is 1. The first-order valence-corrected chi connectivity index (χ1v) is 6.18. The molecule has 0 heterocycles. The lowest BCUT2D eigenvalue weighted by Gasteiger charge is -2.14. The number of hydrogen-bond acceptors (Lipinski definition) is 4. The normalized spacial score (nSPS) is 10.4. The molecule has 19 heavy (non-hydrogen) atoms. The summed E-state index contributed by atoms with van der Waals surface area (Å²) in [6.07, 6.45) is 0. The third-order valence-electron chi connectivity index (χ3n) is 2.24. The van der Waals surface area contributed by atoms with Crippen LogP contribution in [0.2, 0.25) is 10.0 Å². The van der Waals surface area contributed by atoms with Gasteiger partial charge in [-0.2, -0.15) is 0 Å². The molecule has 0 aromatic heterocycles. The summed E-state index contributed by atoms with van der Waals surface area (Å²) in [5.41, 5.74) is 0.547. The van der Waals surface area contributed by atoms with Gasteiger partial charge in [0.15, 0.2) is 0 Å². The first-order valence-electron chi connectivity index (χ1n) is 5.42. The van der Waals surface area contributed by atoms with E-state index in [2.05, 4.69) is 10.1 Å². The zero-order chi connectivity index (χ0) is 14.4. The van der Waals surface area contributed by atoms with E-state index in [0.29, 0.717) is 15.7 Å². The largest absolute Gasteiger partial charge is 0.468 e. The molecule has 0 radical (unpaired) electrons. The molecular weight excluding hydrogens is 291 g/mol. The average Bonchev–Trinajstić information content (AvgIpc) is 2.33. The van der Waals surface area contributed by atoms with Crippen molar-refractivity contribution in [3.63, 3.8) is 0 Å². The Morgan fingerprint density at radius 1 is 1.26 bits per heavy atom. The third-order valence-corrected chi connectivity index (χ3v) is 2.98. The van der Waals surface area contributed by atoms with Gasteiger partial charge in [-0.05, 0) is 25.2 Å². The molecule has 1 aromatic carbocycles. The second kappa shape index (κ2) is 7.33. The Balaban J connectivity index is 2.50. The Morgan fingerprint density at radius 3 is 2.53 bits per heavy atom. The van der Waals surface area contributed by atoms with Crippen LogP contribution in [0.25, 0.3) is 0 Å². The van der Waals surface area contributed by atoms with Crippen LogP contribution in [0.4, 0.5) is 5.69 Å². The fraction of sp³-hybridized carbons (Fsp3) is 0.333. The number of carbonyl (C=O) groups excluding carboxylic acids is 2. The fourth-order valence-electron chi connectivity index (χ4n) is 1.36. The monoisotopic (exact) mass is 304 g/mol. The van der Waals surface area contributed by atoms with Crippen molar-refractivity contribution in [3.8, 4) is 0 Å². The van der Waals surface area contributed by atoms with E-state index >= 15 is 0 Å². The van der Waals surface area contributed by atoms with E-state index in [-0.39, 0.29) is 19.0 Å². The Morgan fingerprint density at radius 2 is 1.95 bits per heavy atom. The second-order valence-electron chi connectivity index (χ2n) is 3.93.